The summed E-state index contributed by atoms with van der Waals surface area (Å²) in [6.07, 6.45) is 1.22. The van der Waals surface area contributed by atoms with Crippen LogP contribution in [0.25, 0.3) is 55.3 Å². The number of carboxylic acids is 1. The van der Waals surface area contributed by atoms with E-state index in [0.29, 0.717) is 19.4 Å². The molecule has 0 unspecified atom stereocenters. The van der Waals surface area contributed by atoms with Gasteiger partial charge in [0, 0.05) is 40.1 Å². The SMILES string of the molecule is Cn1nc(-c2ccccc2)c(-c2cccc3c(CCCOc4cccc5ccccc45)c(C(=O)O)[nH]c23)c1-c1ccccc1. The Kier molecular flexibility index (Phi) is 7.16. The molecule has 0 fully saturated rings. The van der Waals surface area contributed by atoms with Crippen molar-refractivity contribution in [1.82, 2.24) is 14.8 Å². The molecule has 0 saturated heterocycles. The minimum Gasteiger partial charge on any atom is -0.493 e. The molecular weight excluding hydrogens is 546 g/mol. The molecule has 6 nitrogen and oxygen atoms in total. The molecule has 0 bridgehead atoms. The van der Waals surface area contributed by atoms with Gasteiger partial charge in [0.25, 0.3) is 0 Å². The number of aryl methyl sites for hydroxylation is 2. The van der Waals surface area contributed by atoms with E-state index >= 15 is 0 Å². The largest absolute Gasteiger partial charge is 0.493 e. The number of H-pyrrole nitrogens is 1. The molecule has 7 rings (SSSR count). The Morgan fingerprint density at radius 3 is 2.23 bits per heavy atom. The van der Waals surface area contributed by atoms with Gasteiger partial charge in [-0.1, -0.05) is 115 Å². The Morgan fingerprint density at radius 1 is 0.795 bits per heavy atom. The summed E-state index contributed by atoms with van der Waals surface area (Å²) in [5.41, 5.74) is 7.49. The van der Waals surface area contributed by atoms with Crippen molar-refractivity contribution in [3.05, 3.63) is 133 Å². The number of aromatic carboxylic acids is 1. The number of nitrogens with one attached hydrogen (secondary N) is 1. The van der Waals surface area contributed by atoms with Crippen LogP contribution in [0, 0.1) is 0 Å². The lowest BCUT2D eigenvalue weighted by Crippen LogP contribution is -2.04. The number of benzene rings is 5. The van der Waals surface area contributed by atoms with Gasteiger partial charge in [0.05, 0.1) is 17.8 Å². The van der Waals surface area contributed by atoms with Gasteiger partial charge in [0.2, 0.25) is 0 Å². The first kappa shape index (κ1) is 27.2. The van der Waals surface area contributed by atoms with E-state index in [0.717, 1.165) is 66.6 Å². The molecule has 0 radical (unpaired) electrons. The van der Waals surface area contributed by atoms with E-state index in [1.807, 2.05) is 90.6 Å². The van der Waals surface area contributed by atoms with Crippen LogP contribution in [0.2, 0.25) is 0 Å². The Bertz CT molecular complexity index is 2110. The first-order chi connectivity index (χ1) is 21.6. The third-order valence-corrected chi connectivity index (χ3v) is 8.14. The third kappa shape index (κ3) is 4.90. The molecule has 44 heavy (non-hydrogen) atoms. The van der Waals surface area contributed by atoms with Gasteiger partial charge < -0.3 is 14.8 Å². The summed E-state index contributed by atoms with van der Waals surface area (Å²) in [7, 11) is 1.96. The summed E-state index contributed by atoms with van der Waals surface area (Å²) in [5, 5.41) is 18.3. The van der Waals surface area contributed by atoms with Crippen LogP contribution in [-0.4, -0.2) is 32.4 Å². The molecule has 0 aliphatic heterocycles. The van der Waals surface area contributed by atoms with Crippen LogP contribution in [0.1, 0.15) is 22.5 Å². The molecule has 2 aromatic heterocycles. The number of hydrogen-bond donors (Lipinski definition) is 2. The average Bonchev–Trinajstić information content (AvgIpc) is 3.62. The second-order valence-corrected chi connectivity index (χ2v) is 10.9. The van der Waals surface area contributed by atoms with Crippen LogP contribution in [0.3, 0.4) is 0 Å². The zero-order chi connectivity index (χ0) is 30.0. The van der Waals surface area contributed by atoms with Crippen molar-refractivity contribution in [2.24, 2.45) is 7.05 Å². The fourth-order valence-corrected chi connectivity index (χ4v) is 6.18. The lowest BCUT2D eigenvalue weighted by atomic mass is 9.93. The highest BCUT2D eigenvalue weighted by atomic mass is 16.5. The maximum absolute atomic E-state index is 12.5. The van der Waals surface area contributed by atoms with Crippen LogP contribution in [-0.2, 0) is 13.5 Å². The molecule has 216 valence electrons. The van der Waals surface area contributed by atoms with Gasteiger partial charge in [0.1, 0.15) is 17.1 Å². The normalized spacial score (nSPS) is 11.3. The average molecular weight is 578 g/mol. The number of carbonyl (C=O) groups is 1. The van der Waals surface area contributed by atoms with Gasteiger partial charge in [-0.2, -0.15) is 5.10 Å². The van der Waals surface area contributed by atoms with Crippen molar-refractivity contribution >= 4 is 27.6 Å². The Hall–Kier alpha value is -5.62. The zero-order valence-electron chi connectivity index (χ0n) is 24.3. The minimum absolute atomic E-state index is 0.212. The highest BCUT2D eigenvalue weighted by Gasteiger charge is 2.25. The van der Waals surface area contributed by atoms with Crippen LogP contribution in [0.5, 0.6) is 5.75 Å². The fraction of sp³-hybridized carbons (Fsp3) is 0.105. The maximum atomic E-state index is 12.5. The van der Waals surface area contributed by atoms with Crippen LogP contribution >= 0.6 is 0 Å². The van der Waals surface area contributed by atoms with E-state index in [4.69, 9.17) is 9.84 Å². The summed E-state index contributed by atoms with van der Waals surface area (Å²) in [6.45, 7) is 0.471. The number of fused-ring (bicyclic) bond motifs is 2. The van der Waals surface area contributed by atoms with Gasteiger partial charge in [-0.3, -0.25) is 4.68 Å². The maximum Gasteiger partial charge on any atom is 0.352 e. The molecule has 2 N–H and O–H groups in total. The quantitative estimate of drug-likeness (QED) is 0.168. The Labute approximate surface area is 255 Å². The number of aromatic amines is 1. The molecule has 0 saturated carbocycles. The number of rotatable bonds is 9. The number of aromatic nitrogens is 3. The second-order valence-electron chi connectivity index (χ2n) is 10.9. The van der Waals surface area contributed by atoms with Crippen molar-refractivity contribution in [3.8, 4) is 39.4 Å². The molecule has 7 aromatic rings. The highest BCUT2D eigenvalue weighted by Crippen LogP contribution is 2.43. The van der Waals surface area contributed by atoms with Crippen LogP contribution in [0.4, 0.5) is 0 Å². The standard InChI is InChI=1S/C38H31N3O3/c1-41-37(27-16-6-3-7-17-27)33(34(40-41)26-14-4-2-5-15-26)31-21-11-20-29-30(36(38(42)43)39-35(29)31)22-12-24-44-32-23-10-18-25-13-8-9-19-28(25)32/h2-11,13-21,23,39H,12,22,24H2,1H3,(H,42,43). The predicted molar refractivity (Wildman–Crippen MR) is 176 cm³/mol. The molecule has 0 atom stereocenters. The van der Waals surface area contributed by atoms with Gasteiger partial charge >= 0.3 is 5.97 Å². The number of nitrogens with zero attached hydrogens (tertiary/aromatic N) is 2. The molecule has 6 heteroatoms. The minimum atomic E-state index is -0.977. The Morgan fingerprint density at radius 2 is 1.45 bits per heavy atom. The van der Waals surface area contributed by atoms with Crippen molar-refractivity contribution in [3.63, 3.8) is 0 Å². The van der Waals surface area contributed by atoms with Crippen molar-refractivity contribution in [2.45, 2.75) is 12.8 Å². The van der Waals surface area contributed by atoms with E-state index in [1.165, 1.54) is 0 Å². The number of hydrogen-bond acceptors (Lipinski definition) is 3. The van der Waals surface area contributed by atoms with E-state index < -0.39 is 5.97 Å². The zero-order valence-corrected chi connectivity index (χ0v) is 24.3. The van der Waals surface area contributed by atoms with Crippen molar-refractivity contribution < 1.29 is 14.6 Å². The molecule has 0 aliphatic carbocycles. The molecule has 2 heterocycles. The second kappa shape index (κ2) is 11.6. The first-order valence-corrected chi connectivity index (χ1v) is 14.8. The van der Waals surface area contributed by atoms with Crippen molar-refractivity contribution in [2.75, 3.05) is 6.61 Å². The van der Waals surface area contributed by atoms with Gasteiger partial charge in [0.15, 0.2) is 0 Å². The fourth-order valence-electron chi connectivity index (χ4n) is 6.18. The van der Waals surface area contributed by atoms with Crippen molar-refractivity contribution in [1.29, 1.82) is 0 Å². The summed E-state index contributed by atoms with van der Waals surface area (Å²) in [5.74, 6) is -0.142. The topological polar surface area (TPSA) is 80.1 Å². The third-order valence-electron chi connectivity index (χ3n) is 8.14. The van der Waals surface area contributed by atoms with E-state index in [1.54, 1.807) is 0 Å². The van der Waals surface area contributed by atoms with E-state index in [9.17, 15) is 9.90 Å². The summed E-state index contributed by atoms with van der Waals surface area (Å²) in [6, 6.07) is 40.5. The van der Waals surface area contributed by atoms with Gasteiger partial charge in [-0.05, 0) is 29.9 Å². The number of ether oxygens (including phenoxy) is 1. The van der Waals surface area contributed by atoms with Gasteiger partial charge in [-0.15, -0.1) is 0 Å². The predicted octanol–water partition coefficient (Wildman–Crippen LogP) is 8.77. The first-order valence-electron chi connectivity index (χ1n) is 14.8. The molecule has 0 spiro atoms. The van der Waals surface area contributed by atoms with Crippen LogP contribution < -0.4 is 4.74 Å². The summed E-state index contributed by atoms with van der Waals surface area (Å²) < 4.78 is 8.10. The molecule has 0 aliphatic rings. The molecule has 0 amide bonds. The highest BCUT2D eigenvalue weighted by molar-refractivity contribution is 6.07. The lowest BCUT2D eigenvalue weighted by molar-refractivity contribution is 0.0690. The number of carboxylic acid groups (broad SMARTS) is 1. The monoisotopic (exact) mass is 577 g/mol. The van der Waals surface area contributed by atoms with E-state index in [-0.39, 0.29) is 5.69 Å². The van der Waals surface area contributed by atoms with Crippen LogP contribution in [0.15, 0.2) is 121 Å². The number of para-hydroxylation sites is 1. The summed E-state index contributed by atoms with van der Waals surface area (Å²) >= 11 is 0. The lowest BCUT2D eigenvalue weighted by Gasteiger charge is -2.11. The smallest absolute Gasteiger partial charge is 0.352 e. The van der Waals surface area contributed by atoms with Gasteiger partial charge in [-0.25, -0.2) is 4.79 Å². The Balaban J connectivity index is 1.29. The molecule has 5 aromatic carbocycles. The van der Waals surface area contributed by atoms with E-state index in [2.05, 4.69) is 47.4 Å². The molecular formula is C38H31N3O3. The summed E-state index contributed by atoms with van der Waals surface area (Å²) in [4.78, 5) is 15.8.